The highest BCUT2D eigenvalue weighted by atomic mass is 16.6. The van der Waals surface area contributed by atoms with Gasteiger partial charge in [-0.25, -0.2) is 0 Å². The van der Waals surface area contributed by atoms with Crippen LogP contribution in [0.15, 0.2) is 18.2 Å². The molecule has 0 unspecified atom stereocenters. The van der Waals surface area contributed by atoms with E-state index in [2.05, 4.69) is 5.32 Å². The van der Waals surface area contributed by atoms with E-state index in [1.165, 1.54) is 0 Å². The smallest absolute Gasteiger partial charge is 0.333 e. The SMILES string of the molecule is COC1(CNc2cccc(OC(C)C)c2[N+](=O)[O-])CCC1. The molecule has 0 heterocycles. The van der Waals surface area contributed by atoms with Crippen LogP contribution in [-0.4, -0.2) is 30.3 Å². The molecular formula is C15H22N2O4. The zero-order valence-corrected chi connectivity index (χ0v) is 12.7. The third kappa shape index (κ3) is 3.44. The van der Waals surface area contributed by atoms with Crippen molar-refractivity contribution < 1.29 is 14.4 Å². The lowest BCUT2D eigenvalue weighted by atomic mass is 9.80. The van der Waals surface area contributed by atoms with Crippen LogP contribution in [0.1, 0.15) is 33.1 Å². The van der Waals surface area contributed by atoms with Gasteiger partial charge in [-0.3, -0.25) is 10.1 Å². The molecule has 2 rings (SSSR count). The molecule has 0 amide bonds. The molecule has 6 heteroatoms. The van der Waals surface area contributed by atoms with E-state index >= 15 is 0 Å². The molecule has 0 bridgehead atoms. The number of methoxy groups -OCH3 is 1. The summed E-state index contributed by atoms with van der Waals surface area (Å²) in [5.74, 6) is 0.292. The van der Waals surface area contributed by atoms with Crippen LogP contribution < -0.4 is 10.1 Å². The van der Waals surface area contributed by atoms with Gasteiger partial charge in [-0.15, -0.1) is 0 Å². The minimum atomic E-state index is -0.402. The van der Waals surface area contributed by atoms with Crippen molar-refractivity contribution in [3.05, 3.63) is 28.3 Å². The van der Waals surface area contributed by atoms with E-state index in [1.54, 1.807) is 25.3 Å². The lowest BCUT2D eigenvalue weighted by Crippen LogP contribution is -2.45. The molecule has 1 aliphatic carbocycles. The van der Waals surface area contributed by atoms with Gasteiger partial charge in [-0.1, -0.05) is 6.07 Å². The molecule has 21 heavy (non-hydrogen) atoms. The average Bonchev–Trinajstić information content (AvgIpc) is 2.37. The summed E-state index contributed by atoms with van der Waals surface area (Å²) < 4.78 is 11.1. The zero-order chi connectivity index (χ0) is 15.5. The van der Waals surface area contributed by atoms with E-state index in [-0.39, 0.29) is 17.4 Å². The molecule has 6 nitrogen and oxygen atoms in total. The molecule has 116 valence electrons. The van der Waals surface area contributed by atoms with E-state index in [4.69, 9.17) is 9.47 Å². The Labute approximate surface area is 124 Å². The number of para-hydroxylation sites is 1. The third-order valence-electron chi connectivity index (χ3n) is 3.84. The predicted molar refractivity (Wildman–Crippen MR) is 80.9 cm³/mol. The molecule has 0 atom stereocenters. The molecule has 1 N–H and O–H groups in total. The molecule has 1 saturated carbocycles. The monoisotopic (exact) mass is 294 g/mol. The maximum Gasteiger partial charge on any atom is 0.333 e. The zero-order valence-electron chi connectivity index (χ0n) is 12.7. The molecule has 0 saturated heterocycles. The molecule has 0 aromatic heterocycles. The van der Waals surface area contributed by atoms with Gasteiger partial charge in [0.05, 0.1) is 16.6 Å². The van der Waals surface area contributed by atoms with Crippen molar-refractivity contribution >= 4 is 11.4 Å². The molecule has 1 aliphatic rings. The minimum Gasteiger partial charge on any atom is -0.484 e. The predicted octanol–water partition coefficient (Wildman–Crippen LogP) is 3.36. The van der Waals surface area contributed by atoms with Crippen molar-refractivity contribution in [2.45, 2.75) is 44.8 Å². The van der Waals surface area contributed by atoms with Crippen LogP contribution >= 0.6 is 0 Å². The van der Waals surface area contributed by atoms with Gasteiger partial charge in [-0.05, 0) is 45.2 Å². The van der Waals surface area contributed by atoms with Crippen LogP contribution in [-0.2, 0) is 4.74 Å². The van der Waals surface area contributed by atoms with Gasteiger partial charge in [0.25, 0.3) is 0 Å². The summed E-state index contributed by atoms with van der Waals surface area (Å²) in [6.45, 7) is 4.26. The Balaban J connectivity index is 2.20. The second-order valence-corrected chi connectivity index (χ2v) is 5.67. The number of hydrogen-bond donors (Lipinski definition) is 1. The fraction of sp³-hybridized carbons (Fsp3) is 0.600. The summed E-state index contributed by atoms with van der Waals surface area (Å²) in [6, 6.07) is 5.08. The van der Waals surface area contributed by atoms with E-state index in [0.29, 0.717) is 18.0 Å². The molecule has 1 fully saturated rings. The number of nitro groups is 1. The number of nitrogens with one attached hydrogen (secondary N) is 1. The van der Waals surface area contributed by atoms with Gasteiger partial charge in [0, 0.05) is 13.7 Å². The molecule has 0 spiro atoms. The highest BCUT2D eigenvalue weighted by molar-refractivity contribution is 5.68. The first-order chi connectivity index (χ1) is 9.97. The summed E-state index contributed by atoms with van der Waals surface area (Å²) in [5.41, 5.74) is 0.265. The van der Waals surface area contributed by atoms with Gasteiger partial charge in [0.2, 0.25) is 0 Å². The third-order valence-corrected chi connectivity index (χ3v) is 3.84. The largest absolute Gasteiger partial charge is 0.484 e. The Bertz CT molecular complexity index is 507. The van der Waals surface area contributed by atoms with Gasteiger partial charge in [0.1, 0.15) is 5.69 Å². The summed E-state index contributed by atoms with van der Waals surface area (Å²) in [4.78, 5) is 11.0. The molecular weight excluding hydrogens is 272 g/mol. The average molecular weight is 294 g/mol. The summed E-state index contributed by atoms with van der Waals surface area (Å²) in [6.07, 6.45) is 2.98. The molecule has 1 aromatic carbocycles. The van der Waals surface area contributed by atoms with E-state index in [9.17, 15) is 10.1 Å². The number of benzene rings is 1. The summed E-state index contributed by atoms with van der Waals surface area (Å²) >= 11 is 0. The number of anilines is 1. The lowest BCUT2D eigenvalue weighted by molar-refractivity contribution is -0.385. The number of nitrogens with zero attached hydrogens (tertiary/aromatic N) is 1. The Morgan fingerprint density at radius 3 is 2.62 bits per heavy atom. The van der Waals surface area contributed by atoms with Crippen molar-refractivity contribution in [2.24, 2.45) is 0 Å². The van der Waals surface area contributed by atoms with Gasteiger partial charge < -0.3 is 14.8 Å². The van der Waals surface area contributed by atoms with E-state index in [1.807, 2.05) is 13.8 Å². The van der Waals surface area contributed by atoms with Crippen LogP contribution in [0.2, 0.25) is 0 Å². The number of ether oxygens (including phenoxy) is 2. The van der Waals surface area contributed by atoms with Crippen LogP contribution in [0.4, 0.5) is 11.4 Å². The summed E-state index contributed by atoms with van der Waals surface area (Å²) in [7, 11) is 1.69. The topological polar surface area (TPSA) is 73.6 Å². The van der Waals surface area contributed by atoms with Crippen LogP contribution in [0.5, 0.6) is 5.75 Å². The minimum absolute atomic E-state index is 0.0169. The quantitative estimate of drug-likeness (QED) is 0.616. The van der Waals surface area contributed by atoms with Gasteiger partial charge >= 0.3 is 5.69 Å². The molecule has 0 radical (unpaired) electrons. The Hall–Kier alpha value is -1.82. The second kappa shape index (κ2) is 6.30. The molecule has 1 aromatic rings. The first kappa shape index (κ1) is 15.6. The first-order valence-electron chi connectivity index (χ1n) is 7.20. The standard InChI is InChI=1S/C15H22N2O4/c1-11(2)21-13-7-4-6-12(14(13)17(18)19)16-10-15(20-3)8-5-9-15/h4,6-7,11,16H,5,8-10H2,1-3H3. The molecule has 0 aliphatic heterocycles. The maximum atomic E-state index is 11.4. The maximum absolute atomic E-state index is 11.4. The van der Waals surface area contributed by atoms with Crippen LogP contribution in [0.3, 0.4) is 0 Å². The number of hydrogen-bond acceptors (Lipinski definition) is 5. The normalized spacial score (nSPS) is 16.4. The second-order valence-electron chi connectivity index (χ2n) is 5.67. The fourth-order valence-electron chi connectivity index (χ4n) is 2.48. The van der Waals surface area contributed by atoms with Crippen LogP contribution in [0.25, 0.3) is 0 Å². The van der Waals surface area contributed by atoms with Crippen molar-refractivity contribution in [1.29, 1.82) is 0 Å². The first-order valence-corrected chi connectivity index (χ1v) is 7.20. The van der Waals surface area contributed by atoms with Crippen molar-refractivity contribution in [3.63, 3.8) is 0 Å². The Morgan fingerprint density at radius 1 is 1.43 bits per heavy atom. The fourth-order valence-corrected chi connectivity index (χ4v) is 2.48. The van der Waals surface area contributed by atoms with Crippen molar-refractivity contribution in [3.8, 4) is 5.75 Å². The highest BCUT2D eigenvalue weighted by Crippen LogP contribution is 2.38. The van der Waals surface area contributed by atoms with Gasteiger partial charge in [-0.2, -0.15) is 0 Å². The van der Waals surface area contributed by atoms with Crippen molar-refractivity contribution in [1.82, 2.24) is 0 Å². The summed E-state index contributed by atoms with van der Waals surface area (Å²) in [5, 5.41) is 14.5. The number of rotatable bonds is 7. The Morgan fingerprint density at radius 2 is 2.14 bits per heavy atom. The van der Waals surface area contributed by atoms with Gasteiger partial charge in [0.15, 0.2) is 5.75 Å². The highest BCUT2D eigenvalue weighted by Gasteiger charge is 2.37. The van der Waals surface area contributed by atoms with Crippen LogP contribution in [0, 0.1) is 10.1 Å². The lowest BCUT2D eigenvalue weighted by Gasteiger charge is -2.40. The van der Waals surface area contributed by atoms with Crippen molar-refractivity contribution in [2.75, 3.05) is 19.0 Å². The Kier molecular flexibility index (Phi) is 4.67. The number of nitro benzene ring substituents is 1. The van der Waals surface area contributed by atoms with E-state index in [0.717, 1.165) is 19.3 Å². The van der Waals surface area contributed by atoms with E-state index < -0.39 is 4.92 Å².